The molecule has 0 bridgehead atoms. The molecule has 0 spiro atoms. The molecule has 138 valence electrons. The zero-order valence-corrected chi connectivity index (χ0v) is 14.5. The van der Waals surface area contributed by atoms with Crippen LogP contribution in [0.2, 0.25) is 0 Å². The van der Waals surface area contributed by atoms with E-state index >= 15 is 0 Å². The number of hydroxylamine groups is 1. The average molecular weight is 365 g/mol. The number of benzene rings is 2. The molecule has 0 N–H and O–H groups in total. The Kier molecular flexibility index (Phi) is 4.44. The summed E-state index contributed by atoms with van der Waals surface area (Å²) in [6.45, 7) is 3.57. The Morgan fingerprint density at radius 3 is 2.19 bits per heavy atom. The number of hydrogen-bond acceptors (Lipinski definition) is 3. The second-order valence-corrected chi connectivity index (χ2v) is 6.32. The first-order valence-electron chi connectivity index (χ1n) is 8.06. The van der Waals surface area contributed by atoms with Crippen molar-refractivity contribution < 1.29 is 27.5 Å². The van der Waals surface area contributed by atoms with Crippen LogP contribution in [0.3, 0.4) is 0 Å². The predicted octanol–water partition coefficient (Wildman–Crippen LogP) is 4.54. The molecule has 0 aromatic heterocycles. The van der Waals surface area contributed by atoms with Gasteiger partial charge >= 0.3 is 6.18 Å². The zero-order valence-electron chi connectivity index (χ0n) is 14.5. The van der Waals surface area contributed by atoms with Gasteiger partial charge in [0.2, 0.25) is 5.60 Å². The van der Waals surface area contributed by atoms with Gasteiger partial charge in [-0.15, -0.1) is 0 Å². The Hall–Kier alpha value is -2.54. The highest BCUT2D eigenvalue weighted by molar-refractivity contribution is 6.04. The summed E-state index contributed by atoms with van der Waals surface area (Å²) in [7, 11) is 1.52. The van der Waals surface area contributed by atoms with E-state index in [2.05, 4.69) is 0 Å². The summed E-state index contributed by atoms with van der Waals surface area (Å²) in [4.78, 5) is 18.7. The van der Waals surface area contributed by atoms with Gasteiger partial charge in [-0.25, -0.2) is 4.84 Å². The van der Waals surface area contributed by atoms with Crippen molar-refractivity contribution in [2.24, 2.45) is 5.92 Å². The van der Waals surface area contributed by atoms with Gasteiger partial charge in [0.25, 0.3) is 5.91 Å². The second kappa shape index (κ2) is 6.32. The van der Waals surface area contributed by atoms with Gasteiger partial charge in [0.15, 0.2) is 0 Å². The van der Waals surface area contributed by atoms with Crippen molar-refractivity contribution in [2.45, 2.75) is 25.6 Å². The number of para-hydroxylation sites is 1. The van der Waals surface area contributed by atoms with Crippen molar-refractivity contribution in [3.8, 4) is 5.75 Å². The molecule has 4 nitrogen and oxygen atoms in total. The molecule has 1 heterocycles. The fourth-order valence-corrected chi connectivity index (χ4v) is 3.09. The molecule has 7 heteroatoms. The van der Waals surface area contributed by atoms with Crippen molar-refractivity contribution in [3.05, 3.63) is 59.7 Å². The largest absolute Gasteiger partial charge is 0.497 e. The first-order chi connectivity index (χ1) is 12.2. The highest BCUT2D eigenvalue weighted by atomic mass is 19.4. The van der Waals surface area contributed by atoms with Gasteiger partial charge in [0.1, 0.15) is 5.75 Å². The van der Waals surface area contributed by atoms with Crippen LogP contribution in [0, 0.1) is 5.92 Å². The molecule has 2 aromatic carbocycles. The summed E-state index contributed by atoms with van der Waals surface area (Å²) in [5.74, 6) is -0.203. The van der Waals surface area contributed by atoms with Gasteiger partial charge in [0.05, 0.1) is 18.4 Å². The van der Waals surface area contributed by atoms with Gasteiger partial charge < -0.3 is 4.74 Å². The summed E-state index contributed by atoms with van der Waals surface area (Å²) in [5, 5.41) is 0.729. The van der Waals surface area contributed by atoms with Crippen molar-refractivity contribution in [1.29, 1.82) is 0 Å². The minimum atomic E-state index is -4.59. The topological polar surface area (TPSA) is 38.8 Å². The SMILES string of the molecule is COc1ccc([C@]2(C(C)C)ON(c3ccccc3C(F)(F)F)C2=O)cc1. The summed E-state index contributed by atoms with van der Waals surface area (Å²) in [6, 6.07) is 11.6. The number of carbonyl (C=O) groups is 1. The summed E-state index contributed by atoms with van der Waals surface area (Å²) in [6.07, 6.45) is -4.59. The number of anilines is 1. The smallest absolute Gasteiger partial charge is 0.418 e. The fraction of sp³-hybridized carbons (Fsp3) is 0.316. The number of methoxy groups -OCH3 is 1. The lowest BCUT2D eigenvalue weighted by Crippen LogP contribution is -2.65. The van der Waals surface area contributed by atoms with E-state index in [1.165, 1.54) is 25.3 Å². The number of hydrogen-bond donors (Lipinski definition) is 0. The molecule has 3 rings (SSSR count). The summed E-state index contributed by atoms with van der Waals surface area (Å²) < 4.78 is 44.8. The maximum Gasteiger partial charge on any atom is 0.418 e. The third kappa shape index (κ3) is 2.72. The highest BCUT2D eigenvalue weighted by Gasteiger charge is 2.59. The summed E-state index contributed by atoms with van der Waals surface area (Å²) >= 11 is 0. The minimum Gasteiger partial charge on any atom is -0.497 e. The van der Waals surface area contributed by atoms with Gasteiger partial charge in [-0.1, -0.05) is 38.1 Å². The molecule has 2 aromatic rings. The summed E-state index contributed by atoms with van der Waals surface area (Å²) in [5.41, 5.74) is -1.99. The van der Waals surface area contributed by atoms with Crippen molar-refractivity contribution in [2.75, 3.05) is 12.2 Å². The van der Waals surface area contributed by atoms with E-state index in [-0.39, 0.29) is 11.6 Å². The Morgan fingerprint density at radius 2 is 1.69 bits per heavy atom. The maximum absolute atomic E-state index is 13.2. The molecule has 26 heavy (non-hydrogen) atoms. The molecule has 1 amide bonds. The number of ether oxygens (including phenoxy) is 1. The molecule has 0 radical (unpaired) electrons. The number of alkyl halides is 3. The number of amides is 1. The third-order valence-corrected chi connectivity index (χ3v) is 4.50. The van der Waals surface area contributed by atoms with Crippen LogP contribution in [-0.4, -0.2) is 13.0 Å². The van der Waals surface area contributed by atoms with Crippen LogP contribution in [-0.2, 0) is 21.4 Å². The number of nitrogens with zero attached hydrogens (tertiary/aromatic N) is 1. The van der Waals surface area contributed by atoms with Gasteiger partial charge in [-0.3, -0.25) is 4.79 Å². The standard InChI is InChI=1S/C19H18F3NO3/c1-12(2)18(13-8-10-14(25-3)11-9-13)17(24)23(26-18)16-7-5-4-6-15(16)19(20,21)22/h4-12H,1-3H3/t18-/m0/s1. The highest BCUT2D eigenvalue weighted by Crippen LogP contribution is 2.48. The Labute approximate surface area is 149 Å². The molecule has 0 aliphatic carbocycles. The average Bonchev–Trinajstić information content (AvgIpc) is 2.60. The maximum atomic E-state index is 13.2. The normalized spacial score (nSPS) is 20.3. The monoisotopic (exact) mass is 365 g/mol. The van der Waals surface area contributed by atoms with E-state index in [0.717, 1.165) is 11.1 Å². The number of halogens is 3. The molecule has 0 saturated carbocycles. The van der Waals surface area contributed by atoms with Crippen LogP contribution in [0.25, 0.3) is 0 Å². The Balaban J connectivity index is 1.99. The molecular weight excluding hydrogens is 347 g/mol. The van der Waals surface area contributed by atoms with Crippen LogP contribution in [0.5, 0.6) is 5.75 Å². The molecule has 1 aliphatic heterocycles. The van der Waals surface area contributed by atoms with Crippen LogP contribution in [0.4, 0.5) is 18.9 Å². The van der Waals surface area contributed by atoms with Crippen LogP contribution in [0.15, 0.2) is 48.5 Å². The second-order valence-electron chi connectivity index (χ2n) is 6.32. The molecule has 1 saturated heterocycles. The molecule has 1 fully saturated rings. The van der Waals surface area contributed by atoms with E-state index in [1.807, 2.05) is 0 Å². The Bertz CT molecular complexity index is 818. The first kappa shape index (κ1) is 18.3. The quantitative estimate of drug-likeness (QED) is 0.798. The number of rotatable bonds is 4. The number of carbonyl (C=O) groups excluding carboxylic acids is 1. The first-order valence-corrected chi connectivity index (χ1v) is 8.06. The predicted molar refractivity (Wildman–Crippen MR) is 89.5 cm³/mol. The van der Waals surface area contributed by atoms with Crippen molar-refractivity contribution >= 4 is 11.6 Å². The van der Waals surface area contributed by atoms with E-state index < -0.39 is 23.2 Å². The van der Waals surface area contributed by atoms with Gasteiger partial charge in [0, 0.05) is 0 Å². The van der Waals surface area contributed by atoms with Crippen molar-refractivity contribution in [1.82, 2.24) is 0 Å². The lowest BCUT2D eigenvalue weighted by molar-refractivity contribution is -0.202. The van der Waals surface area contributed by atoms with Gasteiger partial charge in [-0.05, 0) is 35.7 Å². The van der Waals surface area contributed by atoms with E-state index in [4.69, 9.17) is 9.57 Å². The van der Waals surface area contributed by atoms with Crippen LogP contribution in [0.1, 0.15) is 25.0 Å². The molecule has 0 unspecified atom stereocenters. The van der Waals surface area contributed by atoms with Gasteiger partial charge in [-0.2, -0.15) is 18.2 Å². The Morgan fingerprint density at radius 1 is 1.08 bits per heavy atom. The zero-order chi connectivity index (χ0) is 19.1. The lowest BCUT2D eigenvalue weighted by Gasteiger charge is -2.50. The van der Waals surface area contributed by atoms with E-state index in [0.29, 0.717) is 11.3 Å². The minimum absolute atomic E-state index is 0.280. The van der Waals surface area contributed by atoms with Crippen LogP contribution >= 0.6 is 0 Å². The lowest BCUT2D eigenvalue weighted by atomic mass is 9.80. The third-order valence-electron chi connectivity index (χ3n) is 4.50. The molecule has 1 aliphatic rings. The van der Waals surface area contributed by atoms with Crippen molar-refractivity contribution in [3.63, 3.8) is 0 Å². The molecular formula is C19H18F3NO3. The fourth-order valence-electron chi connectivity index (χ4n) is 3.09. The van der Waals surface area contributed by atoms with Crippen LogP contribution < -0.4 is 9.80 Å². The molecule has 1 atom stereocenters. The van der Waals surface area contributed by atoms with E-state index in [1.54, 1.807) is 38.1 Å². The van der Waals surface area contributed by atoms with E-state index in [9.17, 15) is 18.0 Å².